The Balaban J connectivity index is 1.85. The molecule has 0 radical (unpaired) electrons. The summed E-state index contributed by atoms with van der Waals surface area (Å²) in [6.45, 7) is 4.23. The van der Waals surface area contributed by atoms with Crippen molar-refractivity contribution in [2.24, 2.45) is 0 Å². The second-order valence-electron chi connectivity index (χ2n) is 7.64. The summed E-state index contributed by atoms with van der Waals surface area (Å²) in [5.41, 5.74) is 8.66. The maximum absolute atomic E-state index is 12.5. The first-order valence-electron chi connectivity index (χ1n) is 9.82. The Morgan fingerprint density at radius 2 is 2.13 bits per heavy atom. The molecule has 31 heavy (non-hydrogen) atoms. The number of carbonyl (C=O) groups is 1. The van der Waals surface area contributed by atoms with Crippen molar-refractivity contribution in [1.29, 1.82) is 0 Å². The number of aromatic nitrogens is 5. The van der Waals surface area contributed by atoms with Crippen molar-refractivity contribution in [3.8, 4) is 11.1 Å². The molecule has 3 aromatic heterocycles. The van der Waals surface area contributed by atoms with E-state index in [2.05, 4.69) is 16.5 Å². The van der Waals surface area contributed by atoms with Crippen LogP contribution in [0.4, 0.5) is 11.6 Å². The van der Waals surface area contributed by atoms with Gasteiger partial charge in [-0.1, -0.05) is 6.30 Å². The Morgan fingerprint density at radius 1 is 1.35 bits per heavy atom. The van der Waals surface area contributed by atoms with Crippen LogP contribution >= 0.6 is 8.20 Å². The van der Waals surface area contributed by atoms with E-state index in [-0.39, 0.29) is 41.3 Å². The Kier molecular flexibility index (Phi) is 5.57. The molecule has 3 aromatic rings. The summed E-state index contributed by atoms with van der Waals surface area (Å²) in [7, 11) is -2.08. The van der Waals surface area contributed by atoms with Crippen LogP contribution in [0.5, 0.6) is 0 Å². The fraction of sp³-hybridized carbons (Fsp3) is 0.421. The number of sulfone groups is 1. The molecule has 1 saturated heterocycles. The first-order chi connectivity index (χ1) is 14.7. The highest BCUT2D eigenvalue weighted by molar-refractivity contribution is 7.91. The normalized spacial score (nSPS) is 18.6. The molecule has 10 nitrogen and oxygen atoms in total. The molecular formula is C19H24N7O3PS. The van der Waals surface area contributed by atoms with Gasteiger partial charge in [-0.05, 0) is 13.8 Å². The third kappa shape index (κ3) is 3.95. The van der Waals surface area contributed by atoms with Crippen molar-refractivity contribution in [3.63, 3.8) is 0 Å². The standard InChI is InChI=1S/C19H24N7O3PS/c1-12-11-31(28,29)7-5-25(12)19-16(13(2)27)17(20)26-18(23-19)15(9-22-26)14-8-21-24(10-14)4-6-30-3/h8-10,12H,3-7,11,20H2,1-2H3. The number of hydrogen-bond donors (Lipinski definition) is 1. The fourth-order valence-corrected chi connectivity index (χ4v) is 5.77. The number of fused-ring (bicyclic) bond motifs is 1. The van der Waals surface area contributed by atoms with Gasteiger partial charge >= 0.3 is 0 Å². The number of rotatable bonds is 6. The van der Waals surface area contributed by atoms with Crippen molar-refractivity contribution >= 4 is 47.4 Å². The second-order valence-corrected chi connectivity index (χ2v) is 10.8. The van der Waals surface area contributed by atoms with Crippen LogP contribution in [0.1, 0.15) is 24.2 Å². The summed E-state index contributed by atoms with van der Waals surface area (Å²) in [4.78, 5) is 19.1. The summed E-state index contributed by atoms with van der Waals surface area (Å²) < 4.78 is 27.4. The molecule has 0 bridgehead atoms. The maximum atomic E-state index is 12.5. The van der Waals surface area contributed by atoms with Crippen molar-refractivity contribution in [2.75, 3.05) is 34.8 Å². The highest BCUT2D eigenvalue weighted by Crippen LogP contribution is 2.32. The van der Waals surface area contributed by atoms with Gasteiger partial charge in [0, 0.05) is 42.6 Å². The minimum Gasteiger partial charge on any atom is -0.383 e. The van der Waals surface area contributed by atoms with Crippen LogP contribution in [0.3, 0.4) is 0 Å². The van der Waals surface area contributed by atoms with E-state index in [0.717, 1.165) is 32.0 Å². The van der Waals surface area contributed by atoms with E-state index < -0.39 is 9.84 Å². The lowest BCUT2D eigenvalue weighted by Gasteiger charge is -2.35. The first-order valence-corrected chi connectivity index (χ1v) is 12.9. The summed E-state index contributed by atoms with van der Waals surface area (Å²) in [5, 5.41) is 8.73. The average Bonchev–Trinajstić information content (AvgIpc) is 3.32. The topological polar surface area (TPSA) is 128 Å². The number of nitrogens with zero attached hydrogens (tertiary/aromatic N) is 6. The summed E-state index contributed by atoms with van der Waals surface area (Å²) >= 11 is 0. The fourth-order valence-electron chi connectivity index (χ4n) is 3.86. The molecule has 1 atom stereocenters. The molecule has 12 heteroatoms. The highest BCUT2D eigenvalue weighted by Gasteiger charge is 2.33. The van der Waals surface area contributed by atoms with Crippen LogP contribution in [-0.2, 0) is 16.4 Å². The van der Waals surface area contributed by atoms with Crippen molar-refractivity contribution in [2.45, 2.75) is 26.4 Å². The van der Waals surface area contributed by atoms with Crippen molar-refractivity contribution in [3.05, 3.63) is 24.2 Å². The number of ketones is 1. The summed E-state index contributed by atoms with van der Waals surface area (Å²) in [5.74, 6) is 0.334. The van der Waals surface area contributed by atoms with Gasteiger partial charge in [-0.2, -0.15) is 14.7 Å². The zero-order chi connectivity index (χ0) is 22.3. The molecule has 0 aromatic carbocycles. The predicted octanol–water partition coefficient (Wildman–Crippen LogP) is 1.38. The smallest absolute Gasteiger partial charge is 0.167 e. The number of aryl methyl sites for hydroxylation is 1. The molecule has 164 valence electrons. The van der Waals surface area contributed by atoms with E-state index in [1.165, 1.54) is 11.4 Å². The van der Waals surface area contributed by atoms with Gasteiger partial charge in [0.25, 0.3) is 0 Å². The lowest BCUT2D eigenvalue weighted by atomic mass is 10.1. The van der Waals surface area contributed by atoms with E-state index in [4.69, 9.17) is 10.7 Å². The zero-order valence-electron chi connectivity index (χ0n) is 17.4. The molecule has 0 saturated carbocycles. The maximum Gasteiger partial charge on any atom is 0.167 e. The number of anilines is 2. The van der Waals surface area contributed by atoms with Gasteiger partial charge in [-0.3, -0.25) is 9.48 Å². The Bertz CT molecular complexity index is 1280. The van der Waals surface area contributed by atoms with Crippen molar-refractivity contribution in [1.82, 2.24) is 24.4 Å². The van der Waals surface area contributed by atoms with Crippen LogP contribution in [0, 0.1) is 0 Å². The van der Waals surface area contributed by atoms with E-state index >= 15 is 0 Å². The van der Waals surface area contributed by atoms with Gasteiger partial charge < -0.3 is 10.6 Å². The van der Waals surface area contributed by atoms with Crippen LogP contribution in [0.25, 0.3) is 16.8 Å². The van der Waals surface area contributed by atoms with Crippen LogP contribution < -0.4 is 10.6 Å². The quantitative estimate of drug-likeness (QED) is 0.431. The lowest BCUT2D eigenvalue weighted by Crippen LogP contribution is -2.48. The number of carbonyl (C=O) groups excluding carboxylic acids is 1. The molecule has 0 spiro atoms. The van der Waals surface area contributed by atoms with Gasteiger partial charge in [0.1, 0.15) is 17.2 Å². The number of nitrogens with two attached hydrogens (primary N) is 1. The van der Waals surface area contributed by atoms with Gasteiger partial charge in [-0.25, -0.2) is 13.4 Å². The molecule has 0 aliphatic carbocycles. The Labute approximate surface area is 181 Å². The second kappa shape index (κ2) is 8.05. The van der Waals surface area contributed by atoms with E-state index in [0.29, 0.717) is 11.5 Å². The molecule has 1 unspecified atom stereocenters. The first kappa shape index (κ1) is 21.5. The number of hydrogen-bond acceptors (Lipinski definition) is 8. The van der Waals surface area contributed by atoms with Crippen LogP contribution in [-0.4, -0.2) is 75.1 Å². The largest absolute Gasteiger partial charge is 0.383 e. The molecule has 2 N–H and O–H groups in total. The average molecular weight is 461 g/mol. The van der Waals surface area contributed by atoms with Crippen LogP contribution in [0.2, 0.25) is 0 Å². The van der Waals surface area contributed by atoms with E-state index in [1.807, 2.05) is 22.7 Å². The van der Waals surface area contributed by atoms with E-state index in [1.54, 1.807) is 12.4 Å². The minimum atomic E-state index is -3.12. The molecular weight excluding hydrogens is 437 g/mol. The lowest BCUT2D eigenvalue weighted by molar-refractivity contribution is 0.101. The Morgan fingerprint density at radius 3 is 2.81 bits per heavy atom. The van der Waals surface area contributed by atoms with Gasteiger partial charge in [-0.15, -0.1) is 8.20 Å². The van der Waals surface area contributed by atoms with Gasteiger partial charge in [0.15, 0.2) is 21.3 Å². The third-order valence-corrected chi connectivity index (χ3v) is 7.70. The van der Waals surface area contributed by atoms with Gasteiger partial charge in [0.2, 0.25) is 0 Å². The molecule has 1 aliphatic heterocycles. The predicted molar refractivity (Wildman–Crippen MR) is 123 cm³/mol. The van der Waals surface area contributed by atoms with E-state index in [9.17, 15) is 13.2 Å². The molecule has 0 amide bonds. The molecule has 1 fully saturated rings. The van der Waals surface area contributed by atoms with Gasteiger partial charge in [0.05, 0.1) is 23.9 Å². The third-order valence-electron chi connectivity index (χ3n) is 5.39. The van der Waals surface area contributed by atoms with Crippen molar-refractivity contribution < 1.29 is 13.2 Å². The zero-order valence-corrected chi connectivity index (χ0v) is 19.1. The molecule has 4 heterocycles. The monoisotopic (exact) mass is 461 g/mol. The summed E-state index contributed by atoms with van der Waals surface area (Å²) in [6, 6.07) is -0.331. The summed E-state index contributed by atoms with van der Waals surface area (Å²) in [6.07, 6.45) is 10.0. The SMILES string of the molecule is C=PCCn1cc(-c2cnn3c(N)c(C(C)=O)c(N4CCS(=O)(=O)CC4C)nc23)cn1. The molecule has 4 rings (SSSR count). The Hall–Kier alpha value is -2.78. The van der Waals surface area contributed by atoms with Crippen LogP contribution in [0.15, 0.2) is 18.6 Å². The number of nitrogen functional groups attached to an aromatic ring is 1. The minimum absolute atomic E-state index is 0.00161. The highest BCUT2D eigenvalue weighted by atomic mass is 32.2. The molecule has 1 aliphatic rings. The number of Topliss-reactive ketones (excluding diaryl/α,β-unsaturated/α-hetero) is 1.